The van der Waals surface area contributed by atoms with Crippen LogP contribution in [0, 0.1) is 0 Å². The van der Waals surface area contributed by atoms with Crippen molar-refractivity contribution in [1.82, 2.24) is 10.2 Å². The zero-order chi connectivity index (χ0) is 22.3. The van der Waals surface area contributed by atoms with Crippen LogP contribution in [0.25, 0.3) is 11.1 Å². The maximum atomic E-state index is 12.9. The molecule has 32 heavy (non-hydrogen) atoms. The molecule has 1 aliphatic carbocycles. The molecular weight excluding hydrogens is 408 g/mol. The molecule has 5 rings (SSSR count). The van der Waals surface area contributed by atoms with Gasteiger partial charge in [-0.1, -0.05) is 48.5 Å². The first-order chi connectivity index (χ1) is 15.5. The van der Waals surface area contributed by atoms with Crippen LogP contribution in [0.4, 0.5) is 4.79 Å². The molecule has 168 valence electrons. The van der Waals surface area contributed by atoms with Crippen LogP contribution in [0.15, 0.2) is 48.5 Å². The van der Waals surface area contributed by atoms with E-state index in [0.29, 0.717) is 26.1 Å². The van der Waals surface area contributed by atoms with Crippen LogP contribution in [-0.4, -0.2) is 68.6 Å². The standard InChI is InChI=1S/C25H28N2O5/c1-27-16-11-25(23(28)30-2,12-17(27)14-31-13-16)26-24(29)32-15-22-20-9-5-3-7-18(20)19-8-4-6-10-21(19)22/h3-10,16-17,22H,11-15H2,1-2H3,(H,26,29). The summed E-state index contributed by atoms with van der Waals surface area (Å²) in [5.41, 5.74) is 3.53. The first-order valence-corrected chi connectivity index (χ1v) is 11.0. The molecule has 0 saturated carbocycles. The van der Waals surface area contributed by atoms with Gasteiger partial charge in [-0.3, -0.25) is 4.90 Å². The number of likely N-dealkylation sites (N-methyl/N-ethyl adjacent to an activating group) is 1. The van der Waals surface area contributed by atoms with Crippen molar-refractivity contribution in [3.8, 4) is 11.1 Å². The van der Waals surface area contributed by atoms with E-state index in [1.807, 2.05) is 31.3 Å². The molecule has 2 heterocycles. The summed E-state index contributed by atoms with van der Waals surface area (Å²) in [6.07, 6.45) is 0.258. The number of rotatable bonds is 4. The maximum Gasteiger partial charge on any atom is 0.408 e. The number of piperidine rings is 1. The molecule has 2 fully saturated rings. The number of carbonyl (C=O) groups excluding carboxylic acids is 2. The van der Waals surface area contributed by atoms with Gasteiger partial charge in [0.05, 0.1) is 20.3 Å². The molecule has 1 amide bonds. The number of amides is 1. The average molecular weight is 437 g/mol. The van der Waals surface area contributed by atoms with Gasteiger partial charge in [0.2, 0.25) is 0 Å². The molecular formula is C25H28N2O5. The second-order valence-electron chi connectivity index (χ2n) is 8.94. The van der Waals surface area contributed by atoms with Crippen molar-refractivity contribution in [3.05, 3.63) is 59.7 Å². The number of ether oxygens (including phenoxy) is 3. The molecule has 2 atom stereocenters. The van der Waals surface area contributed by atoms with E-state index in [2.05, 4.69) is 34.5 Å². The Balaban J connectivity index is 1.33. The van der Waals surface area contributed by atoms with E-state index in [1.54, 1.807) is 0 Å². The Morgan fingerprint density at radius 3 is 2.16 bits per heavy atom. The van der Waals surface area contributed by atoms with Crippen molar-refractivity contribution >= 4 is 12.1 Å². The normalized spacial score (nSPS) is 26.7. The monoisotopic (exact) mass is 436 g/mol. The molecule has 2 saturated heterocycles. The van der Waals surface area contributed by atoms with Crippen molar-refractivity contribution in [3.63, 3.8) is 0 Å². The number of nitrogens with one attached hydrogen (secondary N) is 1. The first kappa shape index (κ1) is 21.0. The number of methoxy groups -OCH3 is 1. The summed E-state index contributed by atoms with van der Waals surface area (Å²) in [6, 6.07) is 16.5. The van der Waals surface area contributed by atoms with E-state index in [-0.39, 0.29) is 24.6 Å². The third kappa shape index (κ3) is 3.45. The van der Waals surface area contributed by atoms with Gasteiger partial charge in [-0.2, -0.15) is 0 Å². The molecule has 2 unspecified atom stereocenters. The number of nitrogens with zero attached hydrogens (tertiary/aromatic N) is 1. The van der Waals surface area contributed by atoms with Crippen molar-refractivity contribution in [2.24, 2.45) is 0 Å². The fourth-order valence-corrected chi connectivity index (χ4v) is 5.51. The predicted molar refractivity (Wildman–Crippen MR) is 118 cm³/mol. The van der Waals surface area contributed by atoms with E-state index >= 15 is 0 Å². The minimum Gasteiger partial charge on any atom is -0.467 e. The Bertz CT molecular complexity index is 979. The van der Waals surface area contributed by atoms with Crippen molar-refractivity contribution in [2.45, 2.75) is 36.4 Å². The van der Waals surface area contributed by atoms with Gasteiger partial charge in [0.25, 0.3) is 0 Å². The van der Waals surface area contributed by atoms with Crippen LogP contribution in [0.5, 0.6) is 0 Å². The highest BCUT2D eigenvalue weighted by atomic mass is 16.6. The van der Waals surface area contributed by atoms with E-state index in [0.717, 1.165) is 11.1 Å². The number of esters is 1. The Kier molecular flexibility index (Phi) is 5.39. The topological polar surface area (TPSA) is 77.1 Å². The molecule has 0 radical (unpaired) electrons. The molecule has 0 spiro atoms. The molecule has 2 aromatic carbocycles. The Hall–Kier alpha value is -2.90. The lowest BCUT2D eigenvalue weighted by Crippen LogP contribution is -2.68. The largest absolute Gasteiger partial charge is 0.467 e. The number of benzene rings is 2. The lowest BCUT2D eigenvalue weighted by molar-refractivity contribution is -0.158. The highest BCUT2D eigenvalue weighted by molar-refractivity contribution is 5.86. The van der Waals surface area contributed by atoms with E-state index in [1.165, 1.54) is 18.2 Å². The molecule has 7 heteroatoms. The van der Waals surface area contributed by atoms with Crippen LogP contribution in [0.2, 0.25) is 0 Å². The van der Waals surface area contributed by atoms with Crippen LogP contribution in [0.3, 0.4) is 0 Å². The van der Waals surface area contributed by atoms with Gasteiger partial charge in [-0.15, -0.1) is 0 Å². The van der Waals surface area contributed by atoms with Gasteiger partial charge in [-0.05, 0) is 42.1 Å². The van der Waals surface area contributed by atoms with E-state index in [9.17, 15) is 9.59 Å². The second kappa shape index (κ2) is 8.22. The molecule has 2 aromatic rings. The average Bonchev–Trinajstić information content (AvgIpc) is 3.12. The molecule has 3 aliphatic rings. The third-order valence-electron chi connectivity index (χ3n) is 7.20. The van der Waals surface area contributed by atoms with E-state index in [4.69, 9.17) is 14.2 Å². The van der Waals surface area contributed by atoms with Gasteiger partial charge in [0.1, 0.15) is 12.1 Å². The number of carbonyl (C=O) groups is 2. The summed E-state index contributed by atoms with van der Waals surface area (Å²) in [5.74, 6) is -0.469. The van der Waals surface area contributed by atoms with E-state index < -0.39 is 17.6 Å². The Morgan fingerprint density at radius 2 is 1.59 bits per heavy atom. The summed E-state index contributed by atoms with van der Waals surface area (Å²) >= 11 is 0. The zero-order valence-electron chi connectivity index (χ0n) is 18.4. The summed E-state index contributed by atoms with van der Waals surface area (Å²) in [5, 5.41) is 2.89. The van der Waals surface area contributed by atoms with Crippen LogP contribution in [-0.2, 0) is 19.0 Å². The maximum absolute atomic E-state index is 12.9. The van der Waals surface area contributed by atoms with Crippen molar-refractivity contribution in [2.75, 3.05) is 34.0 Å². The minimum absolute atomic E-state index is 0.0347. The zero-order valence-corrected chi connectivity index (χ0v) is 18.4. The third-order valence-corrected chi connectivity index (χ3v) is 7.20. The number of morpholine rings is 1. The number of alkyl carbamates (subject to hydrolysis) is 1. The SMILES string of the molecule is COC(=O)C1(NC(=O)OCC2c3ccccc3-c3ccccc32)CC2COCC(C1)N2C. The summed E-state index contributed by atoms with van der Waals surface area (Å²) in [6.45, 7) is 1.25. The van der Waals surface area contributed by atoms with Gasteiger partial charge in [0.15, 0.2) is 0 Å². The molecule has 7 nitrogen and oxygen atoms in total. The Labute approximate surface area is 187 Å². The van der Waals surface area contributed by atoms with Crippen molar-refractivity contribution < 1.29 is 23.8 Å². The second-order valence-corrected chi connectivity index (χ2v) is 8.94. The van der Waals surface area contributed by atoms with Gasteiger partial charge in [-0.25, -0.2) is 9.59 Å². The summed E-state index contributed by atoms with van der Waals surface area (Å²) in [4.78, 5) is 28.0. The molecule has 2 aliphatic heterocycles. The molecule has 0 aromatic heterocycles. The van der Waals surface area contributed by atoms with Gasteiger partial charge < -0.3 is 19.5 Å². The number of hydrogen-bond acceptors (Lipinski definition) is 6. The highest BCUT2D eigenvalue weighted by Gasteiger charge is 2.52. The number of fused-ring (bicyclic) bond motifs is 5. The van der Waals surface area contributed by atoms with Crippen molar-refractivity contribution in [1.29, 1.82) is 0 Å². The fraction of sp³-hybridized carbons (Fsp3) is 0.440. The minimum atomic E-state index is -1.11. The highest BCUT2D eigenvalue weighted by Crippen LogP contribution is 2.44. The summed E-state index contributed by atoms with van der Waals surface area (Å²) in [7, 11) is 3.39. The van der Waals surface area contributed by atoms with Crippen LogP contribution < -0.4 is 5.32 Å². The summed E-state index contributed by atoms with van der Waals surface area (Å²) < 4.78 is 16.5. The molecule has 1 N–H and O–H groups in total. The van der Waals surface area contributed by atoms with Gasteiger partial charge in [0, 0.05) is 18.0 Å². The molecule has 2 bridgehead atoms. The fourth-order valence-electron chi connectivity index (χ4n) is 5.51. The number of hydrogen-bond donors (Lipinski definition) is 1. The first-order valence-electron chi connectivity index (χ1n) is 11.0. The lowest BCUT2D eigenvalue weighted by atomic mass is 9.78. The Morgan fingerprint density at radius 1 is 1.03 bits per heavy atom. The predicted octanol–water partition coefficient (Wildman–Crippen LogP) is 2.93. The smallest absolute Gasteiger partial charge is 0.408 e. The lowest BCUT2D eigenvalue weighted by Gasteiger charge is -2.50. The quantitative estimate of drug-likeness (QED) is 0.743. The van der Waals surface area contributed by atoms with Gasteiger partial charge >= 0.3 is 12.1 Å². The van der Waals surface area contributed by atoms with Crippen LogP contribution >= 0.6 is 0 Å². The van der Waals surface area contributed by atoms with Crippen LogP contribution in [0.1, 0.15) is 29.9 Å².